The molecular weight excluding hydrogens is 492 g/mol. The first-order valence-corrected chi connectivity index (χ1v) is 14.2. The molecule has 38 heavy (non-hydrogen) atoms. The minimum absolute atomic E-state index is 0.172. The van der Waals surface area contributed by atoms with Crippen LogP contribution in [0.4, 0.5) is 0 Å². The first-order valence-electron chi connectivity index (χ1n) is 12.7. The summed E-state index contributed by atoms with van der Waals surface area (Å²) in [7, 11) is -2.09. The maximum Gasteiger partial charge on any atom is 0.206 e. The summed E-state index contributed by atoms with van der Waals surface area (Å²) in [5.41, 5.74) is 8.35. The molecule has 5 heteroatoms. The largest absolute Gasteiger partial charge is 0.497 e. The lowest BCUT2D eigenvalue weighted by Gasteiger charge is -2.29. The van der Waals surface area contributed by atoms with Crippen molar-refractivity contribution in [2.75, 3.05) is 7.11 Å². The molecule has 0 N–H and O–H groups in total. The Morgan fingerprint density at radius 3 is 1.42 bits per heavy atom. The second-order valence-corrected chi connectivity index (χ2v) is 12.5. The Hall–Kier alpha value is -3.57. The predicted molar refractivity (Wildman–Crippen MR) is 154 cm³/mol. The van der Waals surface area contributed by atoms with Gasteiger partial charge in [0, 0.05) is 5.41 Å². The Morgan fingerprint density at radius 2 is 1.00 bits per heavy atom. The summed E-state index contributed by atoms with van der Waals surface area (Å²) < 4.78 is 37.5. The second-order valence-electron chi connectivity index (χ2n) is 10.6. The summed E-state index contributed by atoms with van der Waals surface area (Å²) >= 11 is 0. The maximum atomic E-state index is 13.0. The van der Waals surface area contributed by atoms with Crippen molar-refractivity contribution < 1.29 is 17.9 Å². The Bertz CT molecular complexity index is 1530. The van der Waals surface area contributed by atoms with Crippen molar-refractivity contribution in [3.63, 3.8) is 0 Å². The van der Waals surface area contributed by atoms with Gasteiger partial charge in [0.15, 0.2) is 0 Å². The van der Waals surface area contributed by atoms with Gasteiger partial charge in [-0.05, 0) is 122 Å². The summed E-state index contributed by atoms with van der Waals surface area (Å²) in [6, 6.07) is 21.9. The molecule has 4 aromatic rings. The molecule has 0 amide bonds. The number of methoxy groups -OCH3 is 1. The highest BCUT2D eigenvalue weighted by Gasteiger charge is 2.26. The third-order valence-electron chi connectivity index (χ3n) is 7.55. The van der Waals surface area contributed by atoms with E-state index in [-0.39, 0.29) is 15.2 Å². The van der Waals surface area contributed by atoms with Crippen LogP contribution >= 0.6 is 0 Å². The van der Waals surface area contributed by atoms with Gasteiger partial charge in [0.1, 0.15) is 17.2 Å². The zero-order chi connectivity index (χ0) is 27.8. The van der Waals surface area contributed by atoms with E-state index < -0.39 is 9.84 Å². The van der Waals surface area contributed by atoms with E-state index in [9.17, 15) is 8.42 Å². The molecule has 0 aliphatic heterocycles. The minimum Gasteiger partial charge on any atom is -0.497 e. The Balaban J connectivity index is 1.60. The van der Waals surface area contributed by atoms with E-state index in [1.54, 1.807) is 55.6 Å². The van der Waals surface area contributed by atoms with Gasteiger partial charge in [0.2, 0.25) is 9.84 Å². The summed E-state index contributed by atoms with van der Waals surface area (Å²) in [4.78, 5) is 0.431. The van der Waals surface area contributed by atoms with Crippen LogP contribution in [0.25, 0.3) is 0 Å². The van der Waals surface area contributed by atoms with Gasteiger partial charge in [-0.25, -0.2) is 8.42 Å². The van der Waals surface area contributed by atoms with Crippen LogP contribution in [0.3, 0.4) is 0 Å². The summed E-state index contributed by atoms with van der Waals surface area (Å²) in [6.07, 6.45) is 0. The van der Waals surface area contributed by atoms with Gasteiger partial charge >= 0.3 is 0 Å². The van der Waals surface area contributed by atoms with Gasteiger partial charge in [0.25, 0.3) is 0 Å². The van der Waals surface area contributed by atoms with E-state index in [4.69, 9.17) is 9.47 Å². The average molecular weight is 529 g/mol. The highest BCUT2D eigenvalue weighted by Crippen LogP contribution is 2.38. The first kappa shape index (κ1) is 27.5. The molecule has 0 bridgehead atoms. The van der Waals surface area contributed by atoms with Gasteiger partial charge in [-0.15, -0.1) is 0 Å². The number of rotatable bonds is 7. The SMILES string of the molecule is COc1ccc(S(=O)(=O)c2ccc(Oc3c(C)cc(C(C)(C)c4cc(C)c(C)c(C)c4)cc3C)cc2)cc1. The predicted octanol–water partition coefficient (Wildman–Crippen LogP) is 8.19. The fourth-order valence-electron chi connectivity index (χ4n) is 4.73. The van der Waals surface area contributed by atoms with E-state index in [1.165, 1.54) is 27.8 Å². The third kappa shape index (κ3) is 5.21. The number of benzene rings is 4. The third-order valence-corrected chi connectivity index (χ3v) is 9.34. The van der Waals surface area contributed by atoms with Crippen LogP contribution in [0, 0.1) is 34.6 Å². The molecule has 0 heterocycles. The smallest absolute Gasteiger partial charge is 0.206 e. The van der Waals surface area contributed by atoms with Crippen molar-refractivity contribution in [3.8, 4) is 17.2 Å². The zero-order valence-corrected chi connectivity index (χ0v) is 24.3. The highest BCUT2D eigenvalue weighted by molar-refractivity contribution is 7.91. The first-order chi connectivity index (χ1) is 17.8. The molecule has 0 aliphatic carbocycles. The van der Waals surface area contributed by atoms with Crippen molar-refractivity contribution in [2.24, 2.45) is 0 Å². The van der Waals surface area contributed by atoms with Crippen LogP contribution in [-0.2, 0) is 15.3 Å². The van der Waals surface area contributed by atoms with Crippen LogP contribution < -0.4 is 9.47 Å². The topological polar surface area (TPSA) is 52.6 Å². The van der Waals surface area contributed by atoms with Crippen LogP contribution in [-0.4, -0.2) is 15.5 Å². The molecule has 0 aliphatic rings. The Kier molecular flexibility index (Phi) is 7.44. The average Bonchev–Trinajstić information content (AvgIpc) is 2.89. The van der Waals surface area contributed by atoms with Crippen LogP contribution in [0.15, 0.2) is 82.6 Å². The number of sulfone groups is 1. The standard InChI is InChI=1S/C33H36O4S/c1-21-17-26(18-22(2)25(21)5)33(6,7)27-19-23(3)32(24(4)20-27)37-29-11-15-31(16-12-29)38(34,35)30-13-9-28(36-8)10-14-30/h9-20H,1-8H3. The Morgan fingerprint density at radius 1 is 0.605 bits per heavy atom. The summed E-state index contributed by atoms with van der Waals surface area (Å²) in [6.45, 7) is 15.1. The van der Waals surface area contributed by atoms with Gasteiger partial charge in [0.05, 0.1) is 16.9 Å². The van der Waals surface area contributed by atoms with Crippen LogP contribution in [0.2, 0.25) is 0 Å². The van der Waals surface area contributed by atoms with E-state index in [0.717, 1.165) is 16.9 Å². The van der Waals surface area contributed by atoms with Crippen molar-refractivity contribution in [3.05, 3.63) is 112 Å². The molecule has 0 aromatic heterocycles. The molecule has 0 saturated heterocycles. The molecule has 4 nitrogen and oxygen atoms in total. The van der Waals surface area contributed by atoms with Crippen LogP contribution in [0.5, 0.6) is 17.2 Å². The van der Waals surface area contributed by atoms with Gasteiger partial charge < -0.3 is 9.47 Å². The number of hydrogen-bond donors (Lipinski definition) is 0. The molecule has 4 rings (SSSR count). The lowest BCUT2D eigenvalue weighted by molar-refractivity contribution is 0.414. The summed E-state index contributed by atoms with van der Waals surface area (Å²) in [5.74, 6) is 1.98. The molecule has 4 aromatic carbocycles. The molecule has 0 atom stereocenters. The zero-order valence-electron chi connectivity index (χ0n) is 23.5. The molecule has 0 unspecified atom stereocenters. The lowest BCUT2D eigenvalue weighted by atomic mass is 9.75. The monoisotopic (exact) mass is 528 g/mol. The molecule has 0 fully saturated rings. The highest BCUT2D eigenvalue weighted by atomic mass is 32.2. The summed E-state index contributed by atoms with van der Waals surface area (Å²) in [5, 5.41) is 0. The quantitative estimate of drug-likeness (QED) is 0.243. The number of aryl methyl sites for hydroxylation is 4. The minimum atomic E-state index is -3.64. The molecule has 0 saturated carbocycles. The van der Waals surface area contributed by atoms with E-state index in [2.05, 4.69) is 72.7 Å². The van der Waals surface area contributed by atoms with E-state index in [0.29, 0.717) is 11.5 Å². The van der Waals surface area contributed by atoms with Crippen molar-refractivity contribution >= 4 is 9.84 Å². The van der Waals surface area contributed by atoms with Crippen molar-refractivity contribution in [1.29, 1.82) is 0 Å². The number of hydrogen-bond acceptors (Lipinski definition) is 4. The van der Waals surface area contributed by atoms with E-state index >= 15 is 0 Å². The Labute approximate surface area is 227 Å². The second kappa shape index (κ2) is 10.3. The number of ether oxygens (including phenoxy) is 2. The van der Waals surface area contributed by atoms with Gasteiger partial charge in [-0.1, -0.05) is 38.1 Å². The molecule has 0 radical (unpaired) electrons. The molecule has 0 spiro atoms. The molecule has 198 valence electrons. The molecular formula is C33H36O4S. The van der Waals surface area contributed by atoms with Gasteiger partial charge in [-0.3, -0.25) is 0 Å². The van der Waals surface area contributed by atoms with Crippen molar-refractivity contribution in [1.82, 2.24) is 0 Å². The fraction of sp³-hybridized carbons (Fsp3) is 0.273. The maximum absolute atomic E-state index is 13.0. The normalized spacial score (nSPS) is 11.9. The fourth-order valence-corrected chi connectivity index (χ4v) is 5.99. The lowest BCUT2D eigenvalue weighted by Crippen LogP contribution is -2.20. The van der Waals surface area contributed by atoms with Gasteiger partial charge in [-0.2, -0.15) is 0 Å². The van der Waals surface area contributed by atoms with E-state index in [1.807, 2.05) is 0 Å². The van der Waals surface area contributed by atoms with Crippen molar-refractivity contribution in [2.45, 2.75) is 63.7 Å². The van der Waals surface area contributed by atoms with Crippen LogP contribution in [0.1, 0.15) is 52.8 Å².